The van der Waals surface area contributed by atoms with Crippen LogP contribution in [0, 0.1) is 18.3 Å². The van der Waals surface area contributed by atoms with E-state index < -0.39 is 0 Å². The van der Waals surface area contributed by atoms with Gasteiger partial charge in [-0.2, -0.15) is 10.4 Å². The molecule has 0 amide bonds. The van der Waals surface area contributed by atoms with Crippen molar-refractivity contribution in [1.29, 1.82) is 5.26 Å². The Balaban J connectivity index is 2.39. The fourth-order valence-electron chi connectivity index (χ4n) is 0.868. The molecule has 0 aliphatic carbocycles. The zero-order valence-electron chi connectivity index (χ0n) is 7.26. The fourth-order valence-corrected chi connectivity index (χ4v) is 0.868. The summed E-state index contributed by atoms with van der Waals surface area (Å²) in [4.78, 5) is 0. The molecule has 0 aliphatic rings. The maximum Gasteiger partial charge on any atom is 0.0927 e. The molecule has 0 radical (unpaired) electrons. The minimum atomic E-state index is -0.123. The molecule has 1 rings (SSSR count). The number of aromatic amines is 1. The molecule has 0 aliphatic heterocycles. The topological polar surface area (TPSA) is 64.5 Å². The third-order valence-corrected chi connectivity index (χ3v) is 1.54. The number of rotatable bonds is 3. The molecule has 12 heavy (non-hydrogen) atoms. The summed E-state index contributed by atoms with van der Waals surface area (Å²) in [5, 5.41) is 18.4. The zero-order chi connectivity index (χ0) is 8.97. The highest BCUT2D eigenvalue weighted by Gasteiger charge is 2.00. The van der Waals surface area contributed by atoms with E-state index in [9.17, 15) is 0 Å². The minimum Gasteiger partial charge on any atom is -0.296 e. The monoisotopic (exact) mass is 164 g/mol. The molecule has 1 heterocycles. The van der Waals surface area contributed by atoms with Crippen LogP contribution in [0.4, 0.5) is 0 Å². The summed E-state index contributed by atoms with van der Waals surface area (Å²) in [6.07, 6.45) is 0. The van der Waals surface area contributed by atoms with Gasteiger partial charge in [-0.1, -0.05) is 0 Å². The van der Waals surface area contributed by atoms with E-state index in [0.717, 1.165) is 11.4 Å². The molecular weight excluding hydrogens is 152 g/mol. The lowest BCUT2D eigenvalue weighted by Crippen LogP contribution is -2.23. The summed E-state index contributed by atoms with van der Waals surface area (Å²) >= 11 is 0. The van der Waals surface area contributed by atoms with Crippen LogP contribution in [-0.4, -0.2) is 16.2 Å². The molecule has 0 saturated carbocycles. The smallest absolute Gasteiger partial charge is 0.0927 e. The van der Waals surface area contributed by atoms with E-state index in [-0.39, 0.29) is 6.04 Å². The Morgan fingerprint density at radius 3 is 3.08 bits per heavy atom. The highest BCUT2D eigenvalue weighted by Crippen LogP contribution is 1.96. The summed E-state index contributed by atoms with van der Waals surface area (Å²) in [7, 11) is 0. The third-order valence-electron chi connectivity index (χ3n) is 1.54. The number of nitriles is 1. The molecule has 1 unspecified atom stereocenters. The van der Waals surface area contributed by atoms with Crippen molar-refractivity contribution in [1.82, 2.24) is 15.5 Å². The van der Waals surface area contributed by atoms with Crippen LogP contribution in [0.3, 0.4) is 0 Å². The van der Waals surface area contributed by atoms with Crippen LogP contribution in [0.15, 0.2) is 6.07 Å². The molecule has 0 bridgehead atoms. The second-order valence-electron chi connectivity index (χ2n) is 2.77. The Bertz CT molecular complexity index is 283. The third kappa shape index (κ3) is 2.36. The van der Waals surface area contributed by atoms with E-state index in [2.05, 4.69) is 21.6 Å². The lowest BCUT2D eigenvalue weighted by molar-refractivity contribution is 0.631. The molecule has 2 N–H and O–H groups in total. The van der Waals surface area contributed by atoms with Crippen LogP contribution in [0.5, 0.6) is 0 Å². The van der Waals surface area contributed by atoms with Gasteiger partial charge in [0.25, 0.3) is 0 Å². The van der Waals surface area contributed by atoms with Crippen LogP contribution < -0.4 is 5.32 Å². The van der Waals surface area contributed by atoms with Crippen LogP contribution in [0.25, 0.3) is 0 Å². The number of nitrogens with one attached hydrogen (secondary N) is 2. The predicted octanol–water partition coefficient (Wildman–Crippen LogP) is 0.720. The fraction of sp³-hybridized carbons (Fsp3) is 0.500. The van der Waals surface area contributed by atoms with Gasteiger partial charge in [0.2, 0.25) is 0 Å². The summed E-state index contributed by atoms with van der Waals surface area (Å²) in [6.45, 7) is 4.41. The van der Waals surface area contributed by atoms with Gasteiger partial charge in [0.15, 0.2) is 0 Å². The van der Waals surface area contributed by atoms with Gasteiger partial charge in [-0.25, -0.2) is 0 Å². The lowest BCUT2D eigenvalue weighted by Gasteiger charge is -2.01. The number of hydrogen-bond donors (Lipinski definition) is 2. The van der Waals surface area contributed by atoms with Crippen molar-refractivity contribution in [2.75, 3.05) is 0 Å². The first-order valence-corrected chi connectivity index (χ1v) is 3.86. The van der Waals surface area contributed by atoms with Crippen molar-refractivity contribution in [2.24, 2.45) is 0 Å². The Morgan fingerprint density at radius 2 is 2.58 bits per heavy atom. The Morgan fingerprint density at radius 1 is 1.83 bits per heavy atom. The maximum atomic E-state index is 8.48. The van der Waals surface area contributed by atoms with Crippen LogP contribution in [0.2, 0.25) is 0 Å². The van der Waals surface area contributed by atoms with Crippen LogP contribution in [-0.2, 0) is 6.54 Å². The Kier molecular flexibility index (Phi) is 2.83. The summed E-state index contributed by atoms with van der Waals surface area (Å²) in [5.74, 6) is 0. The van der Waals surface area contributed by atoms with Crippen LogP contribution >= 0.6 is 0 Å². The number of H-pyrrole nitrogens is 1. The van der Waals surface area contributed by atoms with E-state index in [0.29, 0.717) is 6.54 Å². The van der Waals surface area contributed by atoms with Crippen molar-refractivity contribution in [3.8, 4) is 6.07 Å². The molecule has 0 saturated heterocycles. The van der Waals surface area contributed by atoms with Gasteiger partial charge in [0.1, 0.15) is 0 Å². The van der Waals surface area contributed by atoms with Gasteiger partial charge in [0, 0.05) is 12.2 Å². The summed E-state index contributed by atoms with van der Waals surface area (Å²) in [5.41, 5.74) is 1.98. The quantitative estimate of drug-likeness (QED) is 0.691. The SMILES string of the molecule is Cc1cc(CNC(C)C#N)n[nH]1. The maximum absolute atomic E-state index is 8.48. The van der Waals surface area contributed by atoms with Gasteiger partial charge >= 0.3 is 0 Å². The Labute approximate surface area is 71.6 Å². The molecule has 4 nitrogen and oxygen atoms in total. The normalized spacial score (nSPS) is 12.4. The second-order valence-corrected chi connectivity index (χ2v) is 2.77. The van der Waals surface area contributed by atoms with Crippen molar-refractivity contribution >= 4 is 0 Å². The van der Waals surface area contributed by atoms with Gasteiger partial charge < -0.3 is 0 Å². The second kappa shape index (κ2) is 3.88. The van der Waals surface area contributed by atoms with E-state index in [1.807, 2.05) is 19.9 Å². The number of aromatic nitrogens is 2. The van der Waals surface area contributed by atoms with Gasteiger partial charge in [-0.05, 0) is 19.9 Å². The largest absolute Gasteiger partial charge is 0.296 e. The average Bonchev–Trinajstić information content (AvgIpc) is 2.47. The molecule has 1 aromatic heterocycles. The van der Waals surface area contributed by atoms with E-state index in [1.54, 1.807) is 0 Å². The molecule has 1 aromatic rings. The average molecular weight is 164 g/mol. The molecule has 64 valence electrons. The zero-order valence-corrected chi connectivity index (χ0v) is 7.26. The molecular formula is C8H12N4. The van der Waals surface area contributed by atoms with E-state index >= 15 is 0 Å². The standard InChI is InChI=1S/C8H12N4/c1-6-3-8(12-11-6)5-10-7(2)4-9/h3,7,10H,5H2,1-2H3,(H,11,12). The highest BCUT2D eigenvalue weighted by atomic mass is 15.1. The van der Waals surface area contributed by atoms with Crippen molar-refractivity contribution in [2.45, 2.75) is 26.4 Å². The van der Waals surface area contributed by atoms with Crippen molar-refractivity contribution in [3.05, 3.63) is 17.5 Å². The summed E-state index contributed by atoms with van der Waals surface area (Å²) in [6, 6.07) is 3.93. The first-order chi connectivity index (χ1) is 5.72. The number of aryl methyl sites for hydroxylation is 1. The highest BCUT2D eigenvalue weighted by molar-refractivity contribution is 5.06. The first kappa shape index (κ1) is 8.75. The van der Waals surface area contributed by atoms with Gasteiger partial charge in [-0.15, -0.1) is 0 Å². The molecule has 4 heteroatoms. The van der Waals surface area contributed by atoms with Crippen molar-refractivity contribution in [3.63, 3.8) is 0 Å². The molecule has 1 atom stereocenters. The molecule has 0 spiro atoms. The first-order valence-electron chi connectivity index (χ1n) is 3.86. The number of hydrogen-bond acceptors (Lipinski definition) is 3. The Hall–Kier alpha value is -1.34. The van der Waals surface area contributed by atoms with Crippen LogP contribution in [0.1, 0.15) is 18.3 Å². The van der Waals surface area contributed by atoms with Crippen molar-refractivity contribution < 1.29 is 0 Å². The van der Waals surface area contributed by atoms with E-state index in [4.69, 9.17) is 5.26 Å². The predicted molar refractivity (Wildman–Crippen MR) is 45.2 cm³/mol. The molecule has 0 aromatic carbocycles. The molecule has 0 fully saturated rings. The minimum absolute atomic E-state index is 0.123. The van der Waals surface area contributed by atoms with Gasteiger partial charge in [-0.3, -0.25) is 10.4 Å². The number of nitrogens with zero attached hydrogens (tertiary/aromatic N) is 2. The lowest BCUT2D eigenvalue weighted by atomic mass is 10.3. The summed E-state index contributed by atoms with van der Waals surface area (Å²) < 4.78 is 0. The van der Waals surface area contributed by atoms with E-state index in [1.165, 1.54) is 0 Å². The van der Waals surface area contributed by atoms with Gasteiger partial charge in [0.05, 0.1) is 17.8 Å².